The molecular formula is C50H31NOS. The molecule has 0 amide bonds. The predicted molar refractivity (Wildman–Crippen MR) is 227 cm³/mol. The number of rotatable bonds is 5. The monoisotopic (exact) mass is 693 g/mol. The number of thiophene rings is 1. The van der Waals surface area contributed by atoms with Crippen LogP contribution in [0.15, 0.2) is 192 Å². The van der Waals surface area contributed by atoms with Crippen LogP contribution >= 0.6 is 11.3 Å². The Morgan fingerprint density at radius 2 is 1.00 bits per heavy atom. The second-order valence-electron chi connectivity index (χ2n) is 13.7. The first-order valence-electron chi connectivity index (χ1n) is 18.0. The summed E-state index contributed by atoms with van der Waals surface area (Å²) in [5.74, 6) is 0. The van der Waals surface area contributed by atoms with Gasteiger partial charge in [0.25, 0.3) is 0 Å². The van der Waals surface area contributed by atoms with Gasteiger partial charge in [-0.05, 0) is 86.9 Å². The van der Waals surface area contributed by atoms with Crippen LogP contribution in [0.1, 0.15) is 0 Å². The van der Waals surface area contributed by atoms with E-state index in [-0.39, 0.29) is 0 Å². The molecule has 0 aliphatic rings. The molecule has 11 aromatic rings. The van der Waals surface area contributed by atoms with E-state index in [1.807, 2.05) is 23.5 Å². The Kier molecular flexibility index (Phi) is 6.76. The van der Waals surface area contributed by atoms with Gasteiger partial charge in [-0.3, -0.25) is 0 Å². The summed E-state index contributed by atoms with van der Waals surface area (Å²) in [7, 11) is 0. The second-order valence-corrected chi connectivity index (χ2v) is 14.7. The number of fused-ring (bicyclic) bond motifs is 8. The Bertz CT molecular complexity index is 3180. The first-order valence-corrected chi connectivity index (χ1v) is 18.8. The van der Waals surface area contributed by atoms with Gasteiger partial charge in [-0.2, -0.15) is 0 Å². The van der Waals surface area contributed by atoms with E-state index in [1.165, 1.54) is 69.7 Å². The number of nitrogens with zero attached hydrogens (tertiary/aromatic N) is 1. The number of hydrogen-bond donors (Lipinski definition) is 0. The first-order chi connectivity index (χ1) is 26.3. The quantitative estimate of drug-likeness (QED) is 0.178. The molecule has 0 saturated heterocycles. The lowest BCUT2D eigenvalue weighted by atomic mass is 9.99. The Morgan fingerprint density at radius 3 is 1.92 bits per heavy atom. The topological polar surface area (TPSA) is 16.4 Å². The normalized spacial score (nSPS) is 11.8. The van der Waals surface area contributed by atoms with E-state index in [4.69, 9.17) is 4.42 Å². The van der Waals surface area contributed by atoms with Gasteiger partial charge in [0, 0.05) is 37.3 Å². The van der Waals surface area contributed by atoms with Gasteiger partial charge < -0.3 is 9.32 Å². The van der Waals surface area contributed by atoms with Crippen molar-refractivity contribution in [2.45, 2.75) is 0 Å². The second kappa shape index (κ2) is 11.9. The number of benzene rings is 9. The van der Waals surface area contributed by atoms with Gasteiger partial charge >= 0.3 is 0 Å². The molecule has 11 rings (SSSR count). The maximum absolute atomic E-state index is 6.11. The zero-order valence-corrected chi connectivity index (χ0v) is 29.5. The fraction of sp³-hybridized carbons (Fsp3) is 0. The minimum Gasteiger partial charge on any atom is -0.456 e. The lowest BCUT2D eigenvalue weighted by molar-refractivity contribution is 0.669. The average molecular weight is 694 g/mol. The zero-order chi connectivity index (χ0) is 34.9. The van der Waals surface area contributed by atoms with Crippen molar-refractivity contribution >= 4 is 92.1 Å². The standard InChI is InChI=1S/C50H31NOS/c1-2-11-33(12-3-1)40-17-9-18-42-43-19-10-21-46(50(43)53-49(40)42)51(45-20-8-14-32-13-4-5-15-39(32)45)38-27-25-35-29-34(23-24-36(35)30-38)37-26-28-48-44(31-37)41-16-6-7-22-47(41)52-48/h1-31H. The smallest absolute Gasteiger partial charge is 0.135 e. The summed E-state index contributed by atoms with van der Waals surface area (Å²) in [6.45, 7) is 0. The van der Waals surface area contributed by atoms with E-state index >= 15 is 0 Å². The van der Waals surface area contributed by atoms with E-state index in [0.717, 1.165) is 33.3 Å². The van der Waals surface area contributed by atoms with Crippen LogP contribution in [0, 0.1) is 0 Å². The fourth-order valence-corrected chi connectivity index (χ4v) is 9.43. The third kappa shape index (κ3) is 4.86. The maximum atomic E-state index is 6.11. The van der Waals surface area contributed by atoms with Crippen molar-refractivity contribution < 1.29 is 4.42 Å². The zero-order valence-electron chi connectivity index (χ0n) is 28.7. The fourth-order valence-electron chi connectivity index (χ4n) is 8.10. The summed E-state index contributed by atoms with van der Waals surface area (Å²) in [6, 6.07) is 68.1. The molecule has 2 aromatic heterocycles. The van der Waals surface area contributed by atoms with Crippen molar-refractivity contribution in [3.05, 3.63) is 188 Å². The van der Waals surface area contributed by atoms with Crippen LogP contribution < -0.4 is 4.90 Å². The summed E-state index contributed by atoms with van der Waals surface area (Å²) < 4.78 is 8.70. The molecule has 0 aliphatic carbocycles. The summed E-state index contributed by atoms with van der Waals surface area (Å²) in [4.78, 5) is 2.47. The predicted octanol–water partition coefficient (Wildman–Crippen LogP) is 15.1. The molecule has 0 fully saturated rings. The molecule has 0 spiro atoms. The molecule has 9 aromatic carbocycles. The van der Waals surface area contributed by atoms with Gasteiger partial charge in [0.05, 0.1) is 16.1 Å². The highest BCUT2D eigenvalue weighted by atomic mass is 32.1. The lowest BCUT2D eigenvalue weighted by Gasteiger charge is -2.27. The number of hydrogen-bond acceptors (Lipinski definition) is 3. The van der Waals surface area contributed by atoms with E-state index in [1.54, 1.807) is 0 Å². The molecule has 0 atom stereocenters. The summed E-state index contributed by atoms with van der Waals surface area (Å²) in [5, 5.41) is 9.69. The molecule has 0 saturated carbocycles. The molecule has 0 bridgehead atoms. The Balaban J connectivity index is 1.09. The molecule has 248 valence electrons. The van der Waals surface area contributed by atoms with Crippen LogP contribution in [-0.2, 0) is 0 Å². The van der Waals surface area contributed by atoms with E-state index in [9.17, 15) is 0 Å². The van der Waals surface area contributed by atoms with Crippen LogP contribution in [-0.4, -0.2) is 0 Å². The summed E-state index contributed by atoms with van der Waals surface area (Å²) >= 11 is 1.89. The molecule has 0 radical (unpaired) electrons. The molecular weight excluding hydrogens is 663 g/mol. The van der Waals surface area contributed by atoms with Crippen LogP contribution in [0.2, 0.25) is 0 Å². The van der Waals surface area contributed by atoms with Gasteiger partial charge in [0.15, 0.2) is 0 Å². The highest BCUT2D eigenvalue weighted by Crippen LogP contribution is 2.48. The van der Waals surface area contributed by atoms with Crippen molar-refractivity contribution in [1.82, 2.24) is 0 Å². The van der Waals surface area contributed by atoms with Gasteiger partial charge in [0.1, 0.15) is 11.2 Å². The molecule has 0 N–H and O–H groups in total. The van der Waals surface area contributed by atoms with Crippen LogP contribution in [0.4, 0.5) is 17.1 Å². The van der Waals surface area contributed by atoms with E-state index in [0.29, 0.717) is 0 Å². The van der Waals surface area contributed by atoms with Crippen molar-refractivity contribution in [2.24, 2.45) is 0 Å². The highest BCUT2D eigenvalue weighted by molar-refractivity contribution is 7.27. The van der Waals surface area contributed by atoms with Gasteiger partial charge in [-0.1, -0.05) is 140 Å². The molecule has 2 nitrogen and oxygen atoms in total. The molecule has 2 heterocycles. The average Bonchev–Trinajstić information content (AvgIpc) is 3.80. The third-order valence-electron chi connectivity index (χ3n) is 10.6. The van der Waals surface area contributed by atoms with Crippen LogP contribution in [0.25, 0.3) is 85.9 Å². The first kappa shape index (κ1) is 30.0. The summed E-state index contributed by atoms with van der Waals surface area (Å²) in [5.41, 5.74) is 10.2. The van der Waals surface area contributed by atoms with Gasteiger partial charge in [-0.25, -0.2) is 0 Å². The third-order valence-corrected chi connectivity index (χ3v) is 11.9. The SMILES string of the molecule is c1ccc(-c2cccc3c2sc2c(N(c4ccc5cc(-c6ccc7oc8ccccc8c7c6)ccc5c4)c4cccc5ccccc45)cccc23)cc1. The molecule has 3 heteroatoms. The Morgan fingerprint density at radius 1 is 0.358 bits per heavy atom. The minimum atomic E-state index is 0.916. The van der Waals surface area contributed by atoms with Crippen molar-refractivity contribution in [2.75, 3.05) is 4.90 Å². The maximum Gasteiger partial charge on any atom is 0.135 e. The number of furan rings is 1. The Labute approximate surface area is 310 Å². The summed E-state index contributed by atoms with van der Waals surface area (Å²) in [6.07, 6.45) is 0. The van der Waals surface area contributed by atoms with Gasteiger partial charge in [0.2, 0.25) is 0 Å². The number of para-hydroxylation sites is 1. The van der Waals surface area contributed by atoms with Crippen molar-refractivity contribution in [1.29, 1.82) is 0 Å². The van der Waals surface area contributed by atoms with Crippen LogP contribution in [0.3, 0.4) is 0 Å². The molecule has 0 aliphatic heterocycles. The molecule has 53 heavy (non-hydrogen) atoms. The van der Waals surface area contributed by atoms with E-state index < -0.39 is 0 Å². The van der Waals surface area contributed by atoms with Crippen molar-refractivity contribution in [3.8, 4) is 22.3 Å². The largest absolute Gasteiger partial charge is 0.456 e. The number of anilines is 3. The Hall–Kier alpha value is -6.68. The van der Waals surface area contributed by atoms with Crippen LogP contribution in [0.5, 0.6) is 0 Å². The highest BCUT2D eigenvalue weighted by Gasteiger charge is 2.21. The van der Waals surface area contributed by atoms with Crippen molar-refractivity contribution in [3.63, 3.8) is 0 Å². The minimum absolute atomic E-state index is 0.916. The van der Waals surface area contributed by atoms with E-state index in [2.05, 4.69) is 181 Å². The lowest BCUT2D eigenvalue weighted by Crippen LogP contribution is -2.10. The molecule has 0 unspecified atom stereocenters. The van der Waals surface area contributed by atoms with Gasteiger partial charge in [-0.15, -0.1) is 11.3 Å².